The molecular formula is C5H12O6S. The predicted molar refractivity (Wildman–Crippen MR) is 41.9 cm³/mol. The van der Waals surface area contributed by atoms with Crippen molar-refractivity contribution in [2.45, 2.75) is 0 Å². The Bertz CT molecular complexity index is 182. The molecule has 6 nitrogen and oxygen atoms in total. The van der Waals surface area contributed by atoms with Crippen molar-refractivity contribution in [3.05, 3.63) is 12.7 Å². The highest BCUT2D eigenvalue weighted by Crippen LogP contribution is 1.83. The molecule has 0 heterocycles. The number of hydrogen-bond acceptors (Lipinski definition) is 5. The Hall–Kier alpha value is -0.470. The summed E-state index contributed by atoms with van der Waals surface area (Å²) in [4.78, 5) is 0. The van der Waals surface area contributed by atoms with Crippen LogP contribution in [0, 0.1) is 0 Å². The summed E-state index contributed by atoms with van der Waals surface area (Å²) in [6.07, 6.45) is 1.22. The molecule has 12 heavy (non-hydrogen) atoms. The molecule has 0 aliphatic heterocycles. The number of rotatable bonds is 4. The van der Waals surface area contributed by atoms with Gasteiger partial charge in [0, 0.05) is 0 Å². The molecule has 0 aromatic heterocycles. The van der Waals surface area contributed by atoms with E-state index in [9.17, 15) is 8.42 Å². The van der Waals surface area contributed by atoms with Gasteiger partial charge in [0.2, 0.25) is 0 Å². The van der Waals surface area contributed by atoms with Gasteiger partial charge < -0.3 is 10.2 Å². The lowest BCUT2D eigenvalue weighted by molar-refractivity contribution is 0.186. The lowest BCUT2D eigenvalue weighted by atomic mass is 10.7. The first-order chi connectivity index (χ1) is 5.47. The first-order valence-electron chi connectivity index (χ1n) is 2.92. The number of hydrogen-bond donors (Lipinski definition) is 3. The molecule has 0 fully saturated rings. The average Bonchev–Trinajstić information content (AvgIpc) is 2.00. The van der Waals surface area contributed by atoms with Crippen LogP contribution in [0.4, 0.5) is 0 Å². The minimum atomic E-state index is -4.26. The van der Waals surface area contributed by atoms with E-state index in [1.807, 2.05) is 0 Å². The van der Waals surface area contributed by atoms with Crippen molar-refractivity contribution in [1.29, 1.82) is 0 Å². The van der Waals surface area contributed by atoms with E-state index in [2.05, 4.69) is 10.8 Å². The summed E-state index contributed by atoms with van der Waals surface area (Å²) in [5.74, 6) is 0. The van der Waals surface area contributed by atoms with Crippen LogP contribution in [0.15, 0.2) is 12.7 Å². The van der Waals surface area contributed by atoms with Crippen molar-refractivity contribution in [3.63, 3.8) is 0 Å². The molecule has 74 valence electrons. The molecule has 0 unspecified atom stereocenters. The zero-order valence-corrected chi connectivity index (χ0v) is 7.20. The van der Waals surface area contributed by atoms with E-state index in [0.717, 1.165) is 0 Å². The zero-order chi connectivity index (χ0) is 10.0. The van der Waals surface area contributed by atoms with Crippen molar-refractivity contribution in [3.8, 4) is 0 Å². The van der Waals surface area contributed by atoms with E-state index >= 15 is 0 Å². The maximum absolute atomic E-state index is 9.68. The standard InChI is InChI=1S/C3H6O4S.C2H6O2/c1-2-3-7-8(4,5)6;3-1-2-4/h2H,1,3H2,(H,4,5,6);3-4H,1-2H2. The van der Waals surface area contributed by atoms with Gasteiger partial charge in [-0.3, -0.25) is 4.55 Å². The Morgan fingerprint density at radius 2 is 1.75 bits per heavy atom. The highest BCUT2D eigenvalue weighted by molar-refractivity contribution is 7.80. The van der Waals surface area contributed by atoms with Crippen LogP contribution in [0.25, 0.3) is 0 Å². The number of aliphatic hydroxyl groups excluding tert-OH is 2. The largest absolute Gasteiger partial charge is 0.397 e. The molecule has 0 rings (SSSR count). The Labute approximate surface area is 71.1 Å². The van der Waals surface area contributed by atoms with Crippen LogP contribution in [0.5, 0.6) is 0 Å². The highest BCUT2D eigenvalue weighted by Gasteiger charge is 1.99. The predicted octanol–water partition coefficient (Wildman–Crippen LogP) is -1.04. The Morgan fingerprint density at radius 3 is 1.83 bits per heavy atom. The van der Waals surface area contributed by atoms with E-state index in [-0.39, 0.29) is 19.8 Å². The minimum Gasteiger partial charge on any atom is -0.394 e. The van der Waals surface area contributed by atoms with Crippen LogP contribution >= 0.6 is 0 Å². The normalized spacial score (nSPS) is 9.92. The summed E-state index contributed by atoms with van der Waals surface area (Å²) in [6, 6.07) is 0. The van der Waals surface area contributed by atoms with Gasteiger partial charge in [0.1, 0.15) is 0 Å². The SMILES string of the molecule is C=CCOS(=O)(=O)O.OCCO. The second-order valence-corrected chi connectivity index (χ2v) is 2.54. The van der Waals surface area contributed by atoms with E-state index < -0.39 is 10.4 Å². The first kappa shape index (κ1) is 14.1. The second-order valence-electron chi connectivity index (χ2n) is 1.45. The fraction of sp³-hybridized carbons (Fsp3) is 0.600. The third-order valence-corrected chi connectivity index (χ3v) is 0.869. The fourth-order valence-electron chi connectivity index (χ4n) is 0.134. The molecular weight excluding hydrogens is 188 g/mol. The molecule has 0 atom stereocenters. The molecule has 0 spiro atoms. The summed E-state index contributed by atoms with van der Waals surface area (Å²) >= 11 is 0. The van der Waals surface area contributed by atoms with E-state index in [0.29, 0.717) is 0 Å². The lowest BCUT2D eigenvalue weighted by Gasteiger charge is -1.90. The molecule has 0 amide bonds. The van der Waals surface area contributed by atoms with Gasteiger partial charge in [0.15, 0.2) is 0 Å². The Balaban J connectivity index is 0. The minimum absolute atomic E-state index is 0.125. The summed E-state index contributed by atoms with van der Waals surface area (Å²) in [5.41, 5.74) is 0. The number of aliphatic hydroxyl groups is 2. The monoisotopic (exact) mass is 200 g/mol. The molecule has 7 heteroatoms. The van der Waals surface area contributed by atoms with E-state index in [4.69, 9.17) is 14.8 Å². The van der Waals surface area contributed by atoms with Crippen molar-refractivity contribution in [2.75, 3.05) is 19.8 Å². The van der Waals surface area contributed by atoms with Crippen LogP contribution in [0.2, 0.25) is 0 Å². The van der Waals surface area contributed by atoms with Gasteiger partial charge in [-0.2, -0.15) is 8.42 Å². The molecule has 3 N–H and O–H groups in total. The van der Waals surface area contributed by atoms with Gasteiger partial charge in [-0.05, 0) is 0 Å². The zero-order valence-electron chi connectivity index (χ0n) is 6.38. The fourth-order valence-corrected chi connectivity index (χ4v) is 0.402. The topological polar surface area (TPSA) is 104 Å². The summed E-state index contributed by atoms with van der Waals surface area (Å²) in [5, 5.41) is 15.2. The highest BCUT2D eigenvalue weighted by atomic mass is 32.3. The molecule has 0 saturated carbocycles. The maximum atomic E-state index is 9.68. The van der Waals surface area contributed by atoms with E-state index in [1.54, 1.807) is 0 Å². The van der Waals surface area contributed by atoms with Gasteiger partial charge in [0.05, 0.1) is 19.8 Å². The maximum Gasteiger partial charge on any atom is 0.397 e. The molecule has 0 aliphatic rings. The van der Waals surface area contributed by atoms with Crippen molar-refractivity contribution in [1.82, 2.24) is 0 Å². The Kier molecular flexibility index (Phi) is 10.1. The van der Waals surface area contributed by atoms with Crippen LogP contribution in [0.3, 0.4) is 0 Å². The van der Waals surface area contributed by atoms with Gasteiger partial charge in [-0.15, -0.1) is 6.58 Å². The molecule has 0 saturated heterocycles. The summed E-state index contributed by atoms with van der Waals surface area (Å²) in [7, 11) is -4.26. The van der Waals surface area contributed by atoms with Gasteiger partial charge in [-0.1, -0.05) is 6.08 Å². The average molecular weight is 200 g/mol. The quantitative estimate of drug-likeness (QED) is 0.395. The molecule has 0 aliphatic carbocycles. The van der Waals surface area contributed by atoms with Crippen LogP contribution in [0.1, 0.15) is 0 Å². The van der Waals surface area contributed by atoms with Crippen molar-refractivity contribution in [2.24, 2.45) is 0 Å². The van der Waals surface area contributed by atoms with Gasteiger partial charge in [0.25, 0.3) is 0 Å². The third-order valence-electron chi connectivity index (χ3n) is 0.435. The second kappa shape index (κ2) is 8.62. The van der Waals surface area contributed by atoms with Gasteiger partial charge in [-0.25, -0.2) is 4.18 Å². The summed E-state index contributed by atoms with van der Waals surface area (Å²) < 4.78 is 31.0. The van der Waals surface area contributed by atoms with E-state index in [1.165, 1.54) is 6.08 Å². The lowest BCUT2D eigenvalue weighted by Crippen LogP contribution is -2.02. The first-order valence-corrected chi connectivity index (χ1v) is 4.29. The smallest absolute Gasteiger partial charge is 0.394 e. The van der Waals surface area contributed by atoms with Gasteiger partial charge >= 0.3 is 10.4 Å². The molecule has 0 aromatic carbocycles. The Morgan fingerprint density at radius 1 is 1.33 bits per heavy atom. The summed E-state index contributed by atoms with van der Waals surface area (Å²) in [6.45, 7) is 2.72. The van der Waals surface area contributed by atoms with Crippen molar-refractivity contribution >= 4 is 10.4 Å². The van der Waals surface area contributed by atoms with Crippen LogP contribution in [-0.4, -0.2) is 43.0 Å². The molecule has 0 bridgehead atoms. The van der Waals surface area contributed by atoms with Crippen LogP contribution < -0.4 is 0 Å². The molecule has 0 radical (unpaired) electrons. The van der Waals surface area contributed by atoms with Crippen LogP contribution in [-0.2, 0) is 14.6 Å². The molecule has 0 aromatic rings. The van der Waals surface area contributed by atoms with Crippen molar-refractivity contribution < 1.29 is 27.4 Å². The third kappa shape index (κ3) is 22.7.